The maximum absolute atomic E-state index is 12.7. The summed E-state index contributed by atoms with van der Waals surface area (Å²) in [7, 11) is 0. The molecule has 2 aromatic heterocycles. The van der Waals surface area contributed by atoms with Crippen molar-refractivity contribution < 1.29 is 27.1 Å². The van der Waals surface area contributed by atoms with Crippen molar-refractivity contribution in [3.05, 3.63) is 83.6 Å². The van der Waals surface area contributed by atoms with Gasteiger partial charge in [-0.2, -0.15) is 18.3 Å². The molecule has 9 heteroatoms. The predicted octanol–water partition coefficient (Wildman–Crippen LogP) is 4.93. The second-order valence-electron chi connectivity index (χ2n) is 7.16. The van der Waals surface area contributed by atoms with Gasteiger partial charge >= 0.3 is 6.18 Å². The first-order valence-corrected chi connectivity index (χ1v) is 10.1. The summed E-state index contributed by atoms with van der Waals surface area (Å²) in [5.74, 6) is 0.946. The van der Waals surface area contributed by atoms with E-state index in [1.165, 1.54) is 4.68 Å². The van der Waals surface area contributed by atoms with Crippen molar-refractivity contribution in [1.82, 2.24) is 15.1 Å². The Kier molecular flexibility index (Phi) is 7.40. The van der Waals surface area contributed by atoms with E-state index in [2.05, 4.69) is 17.0 Å². The van der Waals surface area contributed by atoms with Crippen molar-refractivity contribution in [2.45, 2.75) is 39.1 Å². The van der Waals surface area contributed by atoms with Crippen LogP contribution in [0.3, 0.4) is 0 Å². The van der Waals surface area contributed by atoms with Gasteiger partial charge in [-0.05, 0) is 49.6 Å². The number of carbonyl (C=O) groups excluding carboxylic acids is 1. The molecule has 3 aromatic rings. The molecule has 0 saturated heterocycles. The molecule has 2 heterocycles. The van der Waals surface area contributed by atoms with E-state index >= 15 is 0 Å². The smallest absolute Gasteiger partial charge is 0.435 e. The predicted molar refractivity (Wildman–Crippen MR) is 112 cm³/mol. The highest BCUT2D eigenvalue weighted by molar-refractivity contribution is 5.91. The van der Waals surface area contributed by atoms with Crippen LogP contribution in [0.25, 0.3) is 0 Å². The van der Waals surface area contributed by atoms with Gasteiger partial charge in [0.05, 0.1) is 0 Å². The van der Waals surface area contributed by atoms with Crippen LogP contribution < -0.4 is 10.1 Å². The van der Waals surface area contributed by atoms with Gasteiger partial charge in [0.15, 0.2) is 11.5 Å². The molecular formula is C23H24F3N3O3. The van der Waals surface area contributed by atoms with Gasteiger partial charge in [0.1, 0.15) is 18.1 Å². The number of nitrogens with zero attached hydrogens (tertiary/aromatic N) is 2. The van der Waals surface area contributed by atoms with Gasteiger partial charge in [-0.1, -0.05) is 24.3 Å². The Bertz CT molecular complexity index is 1070. The first-order valence-electron chi connectivity index (χ1n) is 10.1. The highest BCUT2D eigenvalue weighted by Crippen LogP contribution is 2.28. The van der Waals surface area contributed by atoms with Crippen molar-refractivity contribution in [2.75, 3.05) is 6.54 Å². The lowest BCUT2D eigenvalue weighted by Crippen LogP contribution is -2.25. The minimum absolute atomic E-state index is 0.137. The van der Waals surface area contributed by atoms with E-state index in [1.807, 2.05) is 24.3 Å². The molecule has 0 atom stereocenters. The number of nitrogens with one attached hydrogen (secondary N) is 1. The van der Waals surface area contributed by atoms with Crippen molar-refractivity contribution in [1.29, 1.82) is 0 Å². The van der Waals surface area contributed by atoms with Gasteiger partial charge in [-0.15, -0.1) is 6.58 Å². The van der Waals surface area contributed by atoms with Crippen molar-refractivity contribution in [3.63, 3.8) is 0 Å². The number of hydrogen-bond acceptors (Lipinski definition) is 4. The van der Waals surface area contributed by atoms with Crippen LogP contribution in [0.4, 0.5) is 13.2 Å². The first-order chi connectivity index (χ1) is 15.3. The fourth-order valence-electron chi connectivity index (χ4n) is 3.09. The molecule has 0 saturated carbocycles. The highest BCUT2D eigenvalue weighted by atomic mass is 19.4. The zero-order chi connectivity index (χ0) is 23.1. The Morgan fingerprint density at radius 3 is 2.78 bits per heavy atom. The molecule has 0 unspecified atom stereocenters. The lowest BCUT2D eigenvalue weighted by Gasteiger charge is -2.09. The highest BCUT2D eigenvalue weighted by Gasteiger charge is 2.34. The number of furan rings is 1. The summed E-state index contributed by atoms with van der Waals surface area (Å²) >= 11 is 0. The van der Waals surface area contributed by atoms with Crippen molar-refractivity contribution >= 4 is 5.91 Å². The number of amides is 1. The van der Waals surface area contributed by atoms with Gasteiger partial charge in [0.25, 0.3) is 5.91 Å². The van der Waals surface area contributed by atoms with Gasteiger partial charge in [0, 0.05) is 18.8 Å². The molecule has 6 nitrogen and oxygen atoms in total. The molecule has 0 spiro atoms. The van der Waals surface area contributed by atoms with Crippen LogP contribution in [0.5, 0.6) is 5.75 Å². The third-order valence-electron chi connectivity index (χ3n) is 4.70. The molecule has 170 valence electrons. The molecule has 3 rings (SSSR count). The van der Waals surface area contributed by atoms with Crippen LogP contribution in [0.15, 0.2) is 59.5 Å². The van der Waals surface area contributed by atoms with E-state index in [1.54, 1.807) is 25.1 Å². The molecule has 0 aliphatic carbocycles. The number of allylic oxidation sites excluding steroid dienone is 1. The van der Waals surface area contributed by atoms with Crippen molar-refractivity contribution in [3.8, 4) is 5.75 Å². The van der Waals surface area contributed by atoms with Gasteiger partial charge < -0.3 is 14.5 Å². The number of benzene rings is 1. The number of alkyl halides is 3. The summed E-state index contributed by atoms with van der Waals surface area (Å²) in [5.41, 5.74) is 0.493. The number of aromatic nitrogens is 2. The van der Waals surface area contributed by atoms with Gasteiger partial charge in [-0.25, -0.2) is 0 Å². The molecule has 32 heavy (non-hydrogen) atoms. The van der Waals surface area contributed by atoms with Crippen LogP contribution >= 0.6 is 0 Å². The summed E-state index contributed by atoms with van der Waals surface area (Å²) in [6.07, 6.45) is -1.58. The van der Waals surface area contributed by atoms with E-state index in [9.17, 15) is 18.0 Å². The molecule has 0 aliphatic heterocycles. The number of halogens is 3. The summed E-state index contributed by atoms with van der Waals surface area (Å²) in [6, 6.07) is 11.8. The van der Waals surface area contributed by atoms with Crippen LogP contribution in [-0.4, -0.2) is 22.2 Å². The second kappa shape index (κ2) is 10.2. The molecular weight excluding hydrogens is 423 g/mol. The third kappa shape index (κ3) is 6.03. The SMILES string of the molecule is C=CCc1ccccc1OCc1ccc(C(=O)NCCCn2nc(C(F)(F)F)cc2C)o1. The fourth-order valence-corrected chi connectivity index (χ4v) is 3.09. The average molecular weight is 447 g/mol. The number of hydrogen-bond donors (Lipinski definition) is 1. The van der Waals surface area contributed by atoms with Crippen LogP contribution in [0.2, 0.25) is 0 Å². The summed E-state index contributed by atoms with van der Waals surface area (Å²) < 4.78 is 50.8. The topological polar surface area (TPSA) is 69.3 Å². The van der Waals surface area contributed by atoms with E-state index < -0.39 is 17.8 Å². The standard InChI is InChI=1S/C23H24F3N3O3/c1-3-7-17-8-4-5-9-19(17)31-15-18-10-11-20(32-18)22(30)27-12-6-13-29-16(2)14-21(28-29)23(24,25)26/h3-5,8-11,14H,1,6-7,12-13,15H2,2H3,(H,27,30). The average Bonchev–Trinajstić information content (AvgIpc) is 3.37. The normalized spacial score (nSPS) is 11.4. The van der Waals surface area contributed by atoms with Crippen LogP contribution in [0.1, 0.15) is 39.7 Å². The molecule has 1 aromatic carbocycles. The Labute approximate surface area is 183 Å². The Morgan fingerprint density at radius 2 is 2.06 bits per heavy atom. The van der Waals surface area contributed by atoms with Crippen LogP contribution in [-0.2, 0) is 25.7 Å². The third-order valence-corrected chi connectivity index (χ3v) is 4.70. The van der Waals surface area contributed by atoms with E-state index in [-0.39, 0.29) is 25.5 Å². The molecule has 1 amide bonds. The minimum Gasteiger partial charge on any atom is -0.485 e. The van der Waals surface area contributed by atoms with E-state index in [4.69, 9.17) is 9.15 Å². The first kappa shape index (κ1) is 23.2. The monoisotopic (exact) mass is 447 g/mol. The Morgan fingerprint density at radius 1 is 1.28 bits per heavy atom. The van der Waals surface area contributed by atoms with Gasteiger partial charge in [-0.3, -0.25) is 9.48 Å². The minimum atomic E-state index is -4.47. The number of aryl methyl sites for hydroxylation is 2. The second-order valence-corrected chi connectivity index (χ2v) is 7.16. The molecule has 0 fully saturated rings. The molecule has 0 aliphatic rings. The zero-order valence-corrected chi connectivity index (χ0v) is 17.6. The maximum Gasteiger partial charge on any atom is 0.435 e. The van der Waals surface area contributed by atoms with Crippen LogP contribution in [0, 0.1) is 6.92 Å². The van der Waals surface area contributed by atoms with Gasteiger partial charge in [0.2, 0.25) is 0 Å². The number of para-hydroxylation sites is 1. The summed E-state index contributed by atoms with van der Waals surface area (Å²) in [5, 5.41) is 6.25. The lowest BCUT2D eigenvalue weighted by atomic mass is 10.1. The Hall–Kier alpha value is -3.49. The molecule has 0 radical (unpaired) electrons. The van der Waals surface area contributed by atoms with E-state index in [0.29, 0.717) is 24.3 Å². The fraction of sp³-hybridized carbons (Fsp3) is 0.304. The zero-order valence-electron chi connectivity index (χ0n) is 17.6. The quantitative estimate of drug-likeness (QED) is 0.353. The number of carbonyl (C=O) groups is 1. The molecule has 1 N–H and O–H groups in total. The van der Waals surface area contributed by atoms with E-state index in [0.717, 1.165) is 17.4 Å². The summed E-state index contributed by atoms with van der Waals surface area (Å²) in [4.78, 5) is 12.3. The largest absolute Gasteiger partial charge is 0.485 e. The number of ether oxygens (including phenoxy) is 1. The number of rotatable bonds is 10. The maximum atomic E-state index is 12.7. The molecule has 0 bridgehead atoms. The van der Waals surface area contributed by atoms with Crippen molar-refractivity contribution in [2.24, 2.45) is 0 Å². The summed E-state index contributed by atoms with van der Waals surface area (Å²) in [6.45, 7) is 5.98. The Balaban J connectivity index is 1.46. The lowest BCUT2D eigenvalue weighted by molar-refractivity contribution is -0.141.